The predicted octanol–water partition coefficient (Wildman–Crippen LogP) is 2.71. The second-order valence-corrected chi connectivity index (χ2v) is 6.05. The van der Waals surface area contributed by atoms with Crippen LogP contribution < -0.4 is 5.32 Å². The first-order valence-corrected chi connectivity index (χ1v) is 7.77. The second-order valence-electron chi connectivity index (χ2n) is 5.74. The van der Waals surface area contributed by atoms with Crippen LogP contribution in [0.4, 0.5) is 0 Å². The van der Waals surface area contributed by atoms with Crippen LogP contribution in [0.5, 0.6) is 0 Å². The third-order valence-electron chi connectivity index (χ3n) is 4.29. The van der Waals surface area contributed by atoms with Gasteiger partial charge in [-0.3, -0.25) is 0 Å². The molecule has 0 bridgehead atoms. The van der Waals surface area contributed by atoms with Gasteiger partial charge < -0.3 is 14.8 Å². The Morgan fingerprint density at radius 3 is 2.78 bits per heavy atom. The molecule has 1 saturated carbocycles. The van der Waals surface area contributed by atoms with Gasteiger partial charge in [0.2, 0.25) is 0 Å². The summed E-state index contributed by atoms with van der Waals surface area (Å²) in [5, 5.41) is 3.45. The molecule has 2 atom stereocenters. The van der Waals surface area contributed by atoms with Crippen LogP contribution in [0.1, 0.15) is 44.9 Å². The number of halogens is 1. The largest absolute Gasteiger partial charge is 0.383 e. The predicted molar refractivity (Wildman–Crippen MR) is 74.3 cm³/mol. The van der Waals surface area contributed by atoms with Crippen molar-refractivity contribution in [2.75, 3.05) is 26.1 Å². The lowest BCUT2D eigenvalue weighted by Crippen LogP contribution is -2.41. The molecule has 0 amide bonds. The fourth-order valence-corrected chi connectivity index (χ4v) is 3.46. The molecule has 1 saturated heterocycles. The number of hydrogen-bond donors (Lipinski definition) is 1. The lowest BCUT2D eigenvalue weighted by atomic mass is 9.83. The van der Waals surface area contributed by atoms with Crippen LogP contribution in [-0.4, -0.2) is 43.9 Å². The molecule has 0 radical (unpaired) electrons. The molecule has 0 aromatic heterocycles. The lowest BCUT2D eigenvalue weighted by Gasteiger charge is -2.33. The van der Waals surface area contributed by atoms with Crippen molar-refractivity contribution < 1.29 is 9.47 Å². The molecule has 1 aliphatic heterocycles. The highest BCUT2D eigenvalue weighted by molar-refractivity contribution is 6.18. The van der Waals surface area contributed by atoms with Crippen LogP contribution in [-0.2, 0) is 9.47 Å². The number of rotatable bonds is 6. The molecule has 0 aromatic rings. The van der Waals surface area contributed by atoms with Gasteiger partial charge in [-0.15, -0.1) is 11.6 Å². The summed E-state index contributed by atoms with van der Waals surface area (Å²) in [5.41, 5.74) is 0.225. The van der Waals surface area contributed by atoms with Crippen molar-refractivity contribution in [2.24, 2.45) is 0 Å². The molecule has 1 N–H and O–H groups in total. The van der Waals surface area contributed by atoms with Crippen LogP contribution in [0.3, 0.4) is 0 Å². The van der Waals surface area contributed by atoms with Crippen LogP contribution in [0, 0.1) is 0 Å². The fourth-order valence-electron chi connectivity index (χ4n) is 3.26. The van der Waals surface area contributed by atoms with Crippen molar-refractivity contribution in [1.82, 2.24) is 5.32 Å². The number of methoxy groups -OCH3 is 1. The number of nitrogens with one attached hydrogen (secondary N) is 1. The minimum absolute atomic E-state index is 0.225. The van der Waals surface area contributed by atoms with Gasteiger partial charge >= 0.3 is 0 Å². The zero-order valence-corrected chi connectivity index (χ0v) is 12.2. The molecule has 1 heterocycles. The standard InChI is InChI=1S/C14H26ClNO2/c1-17-11-12(9-15)16-10-13-5-8-14(18-13)6-3-2-4-7-14/h12-13,16H,2-11H2,1H3. The minimum atomic E-state index is 0.225. The highest BCUT2D eigenvalue weighted by Crippen LogP contribution is 2.41. The summed E-state index contributed by atoms with van der Waals surface area (Å²) >= 11 is 5.89. The Morgan fingerprint density at radius 1 is 1.33 bits per heavy atom. The number of hydrogen-bond acceptors (Lipinski definition) is 3. The van der Waals surface area contributed by atoms with Gasteiger partial charge in [-0.25, -0.2) is 0 Å². The Bertz CT molecular complexity index is 244. The smallest absolute Gasteiger partial charge is 0.0708 e. The summed E-state index contributed by atoms with van der Waals surface area (Å²) in [7, 11) is 1.71. The zero-order chi connectivity index (χ0) is 12.8. The van der Waals surface area contributed by atoms with Gasteiger partial charge in [-0.2, -0.15) is 0 Å². The van der Waals surface area contributed by atoms with Gasteiger partial charge in [0.05, 0.1) is 18.3 Å². The average molecular weight is 276 g/mol. The summed E-state index contributed by atoms with van der Waals surface area (Å²) in [6.45, 7) is 1.57. The molecule has 4 heteroatoms. The molecular formula is C14H26ClNO2. The molecule has 2 fully saturated rings. The molecule has 1 aliphatic carbocycles. The molecule has 2 rings (SSSR count). The van der Waals surface area contributed by atoms with E-state index >= 15 is 0 Å². The van der Waals surface area contributed by atoms with Crippen molar-refractivity contribution in [3.8, 4) is 0 Å². The molecule has 2 unspecified atom stereocenters. The van der Waals surface area contributed by atoms with E-state index in [1.807, 2.05) is 0 Å². The Kier molecular flexibility index (Phi) is 5.74. The molecule has 0 aromatic carbocycles. The van der Waals surface area contributed by atoms with E-state index in [2.05, 4.69) is 5.32 Å². The second kappa shape index (κ2) is 7.09. The van der Waals surface area contributed by atoms with Crippen LogP contribution >= 0.6 is 11.6 Å². The molecule has 3 nitrogen and oxygen atoms in total. The van der Waals surface area contributed by atoms with Gasteiger partial charge in [-0.05, 0) is 25.7 Å². The Balaban J connectivity index is 1.72. The quantitative estimate of drug-likeness (QED) is 0.756. The van der Waals surface area contributed by atoms with Crippen LogP contribution in [0.15, 0.2) is 0 Å². The van der Waals surface area contributed by atoms with Crippen LogP contribution in [0.25, 0.3) is 0 Å². The van der Waals surface area contributed by atoms with Gasteiger partial charge in [0.1, 0.15) is 0 Å². The Morgan fingerprint density at radius 2 is 2.11 bits per heavy atom. The minimum Gasteiger partial charge on any atom is -0.383 e. The summed E-state index contributed by atoms with van der Waals surface area (Å²) in [4.78, 5) is 0. The third kappa shape index (κ3) is 3.83. The molecule has 106 valence electrons. The third-order valence-corrected chi connectivity index (χ3v) is 4.66. The Labute approximate surface area is 116 Å². The first-order chi connectivity index (χ1) is 8.78. The average Bonchev–Trinajstić information content (AvgIpc) is 2.78. The molecular weight excluding hydrogens is 250 g/mol. The SMILES string of the molecule is COCC(CCl)NCC1CCC2(CCCCC2)O1. The van der Waals surface area contributed by atoms with Crippen molar-refractivity contribution in [1.29, 1.82) is 0 Å². The normalized spacial score (nSPS) is 28.7. The summed E-state index contributed by atoms with van der Waals surface area (Å²) in [5.74, 6) is 0.589. The number of alkyl halides is 1. The van der Waals surface area contributed by atoms with Crippen molar-refractivity contribution >= 4 is 11.6 Å². The van der Waals surface area contributed by atoms with E-state index in [4.69, 9.17) is 21.1 Å². The highest BCUT2D eigenvalue weighted by Gasteiger charge is 2.40. The topological polar surface area (TPSA) is 30.5 Å². The van der Waals surface area contributed by atoms with Crippen molar-refractivity contribution in [3.63, 3.8) is 0 Å². The van der Waals surface area contributed by atoms with Gasteiger partial charge in [-0.1, -0.05) is 19.3 Å². The highest BCUT2D eigenvalue weighted by atomic mass is 35.5. The Hall–Kier alpha value is 0.170. The molecule has 1 spiro atoms. The van der Waals surface area contributed by atoms with E-state index in [1.165, 1.54) is 44.9 Å². The van der Waals surface area contributed by atoms with E-state index in [-0.39, 0.29) is 11.6 Å². The van der Waals surface area contributed by atoms with Crippen molar-refractivity contribution in [2.45, 2.75) is 62.7 Å². The lowest BCUT2D eigenvalue weighted by molar-refractivity contribution is -0.0632. The summed E-state index contributed by atoms with van der Waals surface area (Å²) in [6, 6.07) is 0.239. The molecule has 18 heavy (non-hydrogen) atoms. The fraction of sp³-hybridized carbons (Fsp3) is 1.00. The summed E-state index contributed by atoms with van der Waals surface area (Å²) < 4.78 is 11.4. The van der Waals surface area contributed by atoms with Gasteiger partial charge in [0.15, 0.2) is 0 Å². The zero-order valence-electron chi connectivity index (χ0n) is 11.4. The molecule has 2 aliphatic rings. The first kappa shape index (κ1) is 14.6. The monoisotopic (exact) mass is 275 g/mol. The van der Waals surface area contributed by atoms with E-state index in [0.717, 1.165) is 6.54 Å². The number of ether oxygens (including phenoxy) is 2. The van der Waals surface area contributed by atoms with Crippen LogP contribution in [0.2, 0.25) is 0 Å². The first-order valence-electron chi connectivity index (χ1n) is 7.24. The van der Waals surface area contributed by atoms with Gasteiger partial charge in [0.25, 0.3) is 0 Å². The van der Waals surface area contributed by atoms with E-state index in [0.29, 0.717) is 18.6 Å². The maximum absolute atomic E-state index is 6.32. The van der Waals surface area contributed by atoms with Gasteiger partial charge in [0, 0.05) is 25.6 Å². The summed E-state index contributed by atoms with van der Waals surface area (Å²) in [6.07, 6.45) is 9.40. The van der Waals surface area contributed by atoms with Crippen molar-refractivity contribution in [3.05, 3.63) is 0 Å². The maximum Gasteiger partial charge on any atom is 0.0708 e. The maximum atomic E-state index is 6.32. The van der Waals surface area contributed by atoms with E-state index < -0.39 is 0 Å². The van der Waals surface area contributed by atoms with E-state index in [1.54, 1.807) is 7.11 Å². The van der Waals surface area contributed by atoms with E-state index in [9.17, 15) is 0 Å².